The molecule has 0 saturated carbocycles. The number of aromatic amines is 1. The molecule has 4 N–H and O–H groups in total. The van der Waals surface area contributed by atoms with Gasteiger partial charge in [0.15, 0.2) is 0 Å². The first kappa shape index (κ1) is 12.3. The largest absolute Gasteiger partial charge is 0.397 e. The van der Waals surface area contributed by atoms with Crippen molar-refractivity contribution in [2.75, 3.05) is 11.1 Å². The Kier molecular flexibility index (Phi) is 2.71. The van der Waals surface area contributed by atoms with Gasteiger partial charge in [-0.05, 0) is 19.1 Å². The maximum atomic E-state index is 12.2. The number of benzene rings is 1. The number of nitrogen functional groups attached to an aromatic ring is 1. The van der Waals surface area contributed by atoms with Gasteiger partial charge in [-0.15, -0.1) is 0 Å². The monoisotopic (exact) mass is 269 g/mol. The quantitative estimate of drug-likeness (QED) is 0.622. The van der Waals surface area contributed by atoms with Crippen molar-refractivity contribution >= 4 is 28.2 Å². The molecule has 3 rings (SSSR count). The van der Waals surface area contributed by atoms with E-state index in [-0.39, 0.29) is 5.91 Å². The van der Waals surface area contributed by atoms with Crippen LogP contribution in [0.3, 0.4) is 0 Å². The molecule has 0 atom stereocenters. The first-order valence-electron chi connectivity index (χ1n) is 6.23. The number of anilines is 2. The highest BCUT2D eigenvalue weighted by atomic mass is 16.1. The minimum atomic E-state index is -0.211. The summed E-state index contributed by atoms with van der Waals surface area (Å²) < 4.78 is 1.66. The van der Waals surface area contributed by atoms with Crippen LogP contribution < -0.4 is 11.1 Å². The zero-order valence-corrected chi connectivity index (χ0v) is 11.3. The molecule has 6 nitrogen and oxygen atoms in total. The molecule has 0 unspecified atom stereocenters. The minimum Gasteiger partial charge on any atom is -0.397 e. The highest BCUT2D eigenvalue weighted by molar-refractivity contribution is 6.07. The van der Waals surface area contributed by atoms with E-state index in [9.17, 15) is 4.79 Å². The first-order chi connectivity index (χ1) is 9.54. The number of para-hydroxylation sites is 1. The molecule has 6 heteroatoms. The summed E-state index contributed by atoms with van der Waals surface area (Å²) in [5.41, 5.74) is 9.22. The average Bonchev–Trinajstić information content (AvgIpc) is 2.94. The minimum absolute atomic E-state index is 0.211. The molecule has 0 saturated heterocycles. The fourth-order valence-electron chi connectivity index (χ4n) is 2.21. The van der Waals surface area contributed by atoms with Crippen molar-refractivity contribution in [1.82, 2.24) is 14.8 Å². The third-order valence-corrected chi connectivity index (χ3v) is 3.19. The van der Waals surface area contributed by atoms with Gasteiger partial charge in [-0.25, -0.2) is 0 Å². The van der Waals surface area contributed by atoms with Crippen LogP contribution in [0.4, 0.5) is 11.4 Å². The van der Waals surface area contributed by atoms with Crippen molar-refractivity contribution in [3.8, 4) is 0 Å². The molecule has 1 amide bonds. The fraction of sp³-hybridized carbons (Fsp3) is 0.143. The van der Waals surface area contributed by atoms with Gasteiger partial charge >= 0.3 is 0 Å². The van der Waals surface area contributed by atoms with Crippen LogP contribution in [0.1, 0.15) is 16.2 Å². The summed E-state index contributed by atoms with van der Waals surface area (Å²) in [5.74, 6) is -0.211. The van der Waals surface area contributed by atoms with Crippen molar-refractivity contribution in [3.05, 3.63) is 41.9 Å². The molecule has 2 aromatic heterocycles. The Morgan fingerprint density at radius 3 is 2.90 bits per heavy atom. The van der Waals surface area contributed by atoms with Gasteiger partial charge in [0.1, 0.15) is 5.69 Å². The molecule has 102 valence electrons. The number of hydrogen-bond donors (Lipinski definition) is 3. The lowest BCUT2D eigenvalue weighted by molar-refractivity contribution is 0.102. The van der Waals surface area contributed by atoms with Gasteiger partial charge in [0.2, 0.25) is 0 Å². The number of fused-ring (bicyclic) bond motifs is 1. The maximum Gasteiger partial charge on any atom is 0.272 e. The Hall–Kier alpha value is -2.76. The molecule has 0 fully saturated rings. The number of aromatic nitrogens is 3. The number of amides is 1. The Labute approximate surface area is 115 Å². The third kappa shape index (κ3) is 2.01. The number of hydrogen-bond acceptors (Lipinski definition) is 3. The van der Waals surface area contributed by atoms with Gasteiger partial charge in [0.05, 0.1) is 22.6 Å². The maximum absolute atomic E-state index is 12.2. The van der Waals surface area contributed by atoms with Crippen molar-refractivity contribution in [3.63, 3.8) is 0 Å². The lowest BCUT2D eigenvalue weighted by atomic mass is 10.2. The third-order valence-electron chi connectivity index (χ3n) is 3.19. The van der Waals surface area contributed by atoms with Crippen LogP contribution in [0.5, 0.6) is 0 Å². The normalized spacial score (nSPS) is 10.9. The summed E-state index contributed by atoms with van der Waals surface area (Å²) in [4.78, 5) is 15.3. The Morgan fingerprint density at radius 1 is 1.45 bits per heavy atom. The highest BCUT2D eigenvalue weighted by Gasteiger charge is 2.13. The van der Waals surface area contributed by atoms with E-state index in [1.54, 1.807) is 23.0 Å². The number of carbonyl (C=O) groups excluding carboxylic acids is 1. The van der Waals surface area contributed by atoms with Crippen molar-refractivity contribution in [1.29, 1.82) is 0 Å². The number of H-pyrrole nitrogens is 1. The topological polar surface area (TPSA) is 88.7 Å². The van der Waals surface area contributed by atoms with Gasteiger partial charge in [-0.1, -0.05) is 12.1 Å². The molecule has 0 radical (unpaired) electrons. The van der Waals surface area contributed by atoms with Crippen LogP contribution in [0.2, 0.25) is 0 Å². The Balaban J connectivity index is 1.93. The van der Waals surface area contributed by atoms with Crippen LogP contribution in [0.15, 0.2) is 30.5 Å². The van der Waals surface area contributed by atoms with Crippen molar-refractivity contribution < 1.29 is 4.79 Å². The van der Waals surface area contributed by atoms with E-state index in [1.807, 2.05) is 26.1 Å². The first-order valence-corrected chi connectivity index (χ1v) is 6.23. The summed E-state index contributed by atoms with van der Waals surface area (Å²) >= 11 is 0. The second-order valence-corrected chi connectivity index (χ2v) is 4.75. The number of nitrogens with two attached hydrogens (primary N) is 1. The van der Waals surface area contributed by atoms with Crippen LogP contribution in [0, 0.1) is 6.92 Å². The van der Waals surface area contributed by atoms with E-state index < -0.39 is 0 Å². The molecule has 20 heavy (non-hydrogen) atoms. The molecule has 2 heterocycles. The number of nitrogens with zero attached hydrogens (tertiary/aromatic N) is 2. The predicted molar refractivity (Wildman–Crippen MR) is 78.6 cm³/mol. The smallest absolute Gasteiger partial charge is 0.272 e. The van der Waals surface area contributed by atoms with E-state index in [1.165, 1.54) is 0 Å². The molecule has 0 bridgehead atoms. The zero-order chi connectivity index (χ0) is 14.3. The molecule has 1 aromatic carbocycles. The summed E-state index contributed by atoms with van der Waals surface area (Å²) in [6.45, 7) is 1.85. The van der Waals surface area contributed by atoms with Crippen LogP contribution >= 0.6 is 0 Å². The van der Waals surface area contributed by atoms with Crippen LogP contribution in [-0.2, 0) is 7.05 Å². The Bertz CT molecular complexity index is 799. The summed E-state index contributed by atoms with van der Waals surface area (Å²) in [6, 6.07) is 7.35. The lowest BCUT2D eigenvalue weighted by Crippen LogP contribution is -2.12. The van der Waals surface area contributed by atoms with E-state index >= 15 is 0 Å². The van der Waals surface area contributed by atoms with Gasteiger partial charge in [0, 0.05) is 18.6 Å². The SMILES string of the molecule is Cc1nn(C)cc1NC(=O)c1cc2cccc(N)c2[nH]1. The molecule has 0 spiro atoms. The zero-order valence-electron chi connectivity index (χ0n) is 11.3. The molecule has 0 aliphatic heterocycles. The molecule has 0 aliphatic carbocycles. The van der Waals surface area contributed by atoms with Crippen molar-refractivity contribution in [2.24, 2.45) is 7.05 Å². The van der Waals surface area contributed by atoms with Gasteiger partial charge < -0.3 is 16.0 Å². The van der Waals surface area contributed by atoms with E-state index in [0.29, 0.717) is 17.1 Å². The standard InChI is InChI=1S/C14H15N5O/c1-8-12(7-19(2)18-8)17-14(20)11-6-9-4-3-5-10(15)13(9)16-11/h3-7,16H,15H2,1-2H3,(H,17,20). The molecule has 3 aromatic rings. The van der Waals surface area contributed by atoms with Gasteiger partial charge in [-0.3, -0.25) is 9.48 Å². The summed E-state index contributed by atoms with van der Waals surface area (Å²) in [5, 5.41) is 7.93. The number of rotatable bonds is 2. The van der Waals surface area contributed by atoms with Gasteiger partial charge in [0.25, 0.3) is 5.91 Å². The average molecular weight is 269 g/mol. The second kappa shape index (κ2) is 4.41. The summed E-state index contributed by atoms with van der Waals surface area (Å²) in [7, 11) is 1.81. The fourth-order valence-corrected chi connectivity index (χ4v) is 2.21. The highest BCUT2D eigenvalue weighted by Crippen LogP contribution is 2.22. The van der Waals surface area contributed by atoms with Crippen molar-refractivity contribution in [2.45, 2.75) is 6.92 Å². The molecular formula is C14H15N5O. The number of nitrogens with one attached hydrogen (secondary N) is 2. The van der Waals surface area contributed by atoms with Crippen LogP contribution in [0.25, 0.3) is 10.9 Å². The predicted octanol–water partition coefficient (Wildman–Crippen LogP) is 2.04. The molecule has 0 aliphatic rings. The summed E-state index contributed by atoms with van der Waals surface area (Å²) in [6.07, 6.45) is 1.77. The number of carbonyl (C=O) groups is 1. The van der Waals surface area contributed by atoms with E-state index in [4.69, 9.17) is 5.73 Å². The Morgan fingerprint density at radius 2 is 2.25 bits per heavy atom. The van der Waals surface area contributed by atoms with Crippen LogP contribution in [-0.4, -0.2) is 20.7 Å². The van der Waals surface area contributed by atoms with E-state index in [0.717, 1.165) is 16.6 Å². The second-order valence-electron chi connectivity index (χ2n) is 4.75. The lowest BCUT2D eigenvalue weighted by Gasteiger charge is -2.01. The van der Waals surface area contributed by atoms with Gasteiger partial charge in [-0.2, -0.15) is 5.10 Å². The van der Waals surface area contributed by atoms with E-state index in [2.05, 4.69) is 15.4 Å². The molecular weight excluding hydrogens is 254 g/mol. The number of aryl methyl sites for hydroxylation is 2.